The molecule has 1 aromatic carbocycles. The molecular weight excluding hydrogens is 264 g/mol. The molecule has 0 unspecified atom stereocenters. The number of nitrogens with zero attached hydrogens (tertiary/aromatic N) is 1. The van der Waals surface area contributed by atoms with Gasteiger partial charge in [0.2, 0.25) is 5.91 Å². The van der Waals surface area contributed by atoms with Gasteiger partial charge in [-0.15, -0.1) is 0 Å². The summed E-state index contributed by atoms with van der Waals surface area (Å²) in [4.78, 5) is 14.7. The standard InChI is InChI=1S/C17H20N2O2/c20-17(18-16-9-19-5-3-13(16)4-6-19)8-12-1-2-14-10-21-11-15(14)7-12/h1-2,7,10-11,13,16H,3-6,8-9H2,(H,18,20)/t16-/m0/s1. The summed E-state index contributed by atoms with van der Waals surface area (Å²) >= 11 is 0. The van der Waals surface area contributed by atoms with Gasteiger partial charge in [-0.25, -0.2) is 0 Å². The zero-order chi connectivity index (χ0) is 14.2. The number of hydrogen-bond donors (Lipinski definition) is 1. The average Bonchev–Trinajstić information content (AvgIpc) is 2.96. The minimum atomic E-state index is 0.136. The van der Waals surface area contributed by atoms with Crippen molar-refractivity contribution in [3.63, 3.8) is 0 Å². The summed E-state index contributed by atoms with van der Waals surface area (Å²) in [5.74, 6) is 0.812. The van der Waals surface area contributed by atoms with E-state index in [0.29, 0.717) is 18.4 Å². The fourth-order valence-corrected chi connectivity index (χ4v) is 3.70. The number of carbonyl (C=O) groups is 1. The fraction of sp³-hybridized carbons (Fsp3) is 0.471. The highest BCUT2D eigenvalue weighted by Gasteiger charge is 2.34. The Labute approximate surface area is 124 Å². The smallest absolute Gasteiger partial charge is 0.224 e. The first-order chi connectivity index (χ1) is 10.3. The molecule has 2 bridgehead atoms. The second-order valence-corrected chi connectivity index (χ2v) is 6.32. The molecule has 110 valence electrons. The van der Waals surface area contributed by atoms with Crippen LogP contribution in [0.5, 0.6) is 0 Å². The number of nitrogens with one attached hydrogen (secondary N) is 1. The molecule has 0 aliphatic carbocycles. The Hall–Kier alpha value is -1.81. The van der Waals surface area contributed by atoms with Gasteiger partial charge in [-0.05, 0) is 43.5 Å². The molecule has 5 rings (SSSR count). The minimum Gasteiger partial charge on any atom is -0.471 e. The van der Waals surface area contributed by atoms with E-state index in [0.717, 1.165) is 22.9 Å². The number of fused-ring (bicyclic) bond motifs is 4. The number of piperidine rings is 3. The van der Waals surface area contributed by atoms with Gasteiger partial charge in [0.05, 0.1) is 18.9 Å². The van der Waals surface area contributed by atoms with E-state index in [2.05, 4.69) is 10.2 Å². The van der Waals surface area contributed by atoms with Crippen LogP contribution in [0.15, 0.2) is 35.1 Å². The van der Waals surface area contributed by atoms with Crippen molar-refractivity contribution in [2.24, 2.45) is 5.92 Å². The van der Waals surface area contributed by atoms with Crippen LogP contribution < -0.4 is 5.32 Å². The van der Waals surface area contributed by atoms with E-state index in [1.807, 2.05) is 18.2 Å². The van der Waals surface area contributed by atoms with E-state index in [4.69, 9.17) is 4.42 Å². The Morgan fingerprint density at radius 1 is 1.24 bits per heavy atom. The number of furan rings is 1. The molecule has 0 radical (unpaired) electrons. The van der Waals surface area contributed by atoms with Crippen molar-refractivity contribution in [2.45, 2.75) is 25.3 Å². The minimum absolute atomic E-state index is 0.136. The van der Waals surface area contributed by atoms with Crippen LogP contribution in [0.1, 0.15) is 18.4 Å². The zero-order valence-electron chi connectivity index (χ0n) is 12.0. The Balaban J connectivity index is 1.41. The predicted molar refractivity (Wildman–Crippen MR) is 81.0 cm³/mol. The Bertz CT molecular complexity index is 656. The molecule has 0 spiro atoms. The number of hydrogen-bond acceptors (Lipinski definition) is 3. The summed E-state index contributed by atoms with van der Waals surface area (Å²) in [7, 11) is 0. The van der Waals surface area contributed by atoms with Crippen LogP contribution in [0.3, 0.4) is 0 Å². The van der Waals surface area contributed by atoms with Gasteiger partial charge >= 0.3 is 0 Å². The molecule has 21 heavy (non-hydrogen) atoms. The summed E-state index contributed by atoms with van der Waals surface area (Å²) in [5.41, 5.74) is 1.04. The van der Waals surface area contributed by atoms with E-state index in [1.165, 1.54) is 25.9 Å². The maximum absolute atomic E-state index is 12.3. The van der Waals surface area contributed by atoms with Crippen LogP contribution in [0.25, 0.3) is 10.8 Å². The van der Waals surface area contributed by atoms with Gasteiger partial charge in [0.15, 0.2) is 0 Å². The van der Waals surface area contributed by atoms with Crippen LogP contribution in [0.2, 0.25) is 0 Å². The molecule has 3 saturated heterocycles. The van der Waals surface area contributed by atoms with E-state index in [9.17, 15) is 4.79 Å². The third-order valence-electron chi connectivity index (χ3n) is 4.91. The lowest BCUT2D eigenvalue weighted by atomic mass is 9.84. The lowest BCUT2D eigenvalue weighted by Gasteiger charge is -2.44. The lowest BCUT2D eigenvalue weighted by molar-refractivity contribution is -0.122. The maximum Gasteiger partial charge on any atom is 0.224 e. The van der Waals surface area contributed by atoms with Crippen LogP contribution in [-0.2, 0) is 11.2 Å². The molecule has 3 aliphatic rings. The van der Waals surface area contributed by atoms with Gasteiger partial charge in [-0.1, -0.05) is 12.1 Å². The van der Waals surface area contributed by atoms with Gasteiger partial charge in [0.1, 0.15) is 0 Å². The van der Waals surface area contributed by atoms with E-state index >= 15 is 0 Å². The Morgan fingerprint density at radius 2 is 2.05 bits per heavy atom. The quantitative estimate of drug-likeness (QED) is 0.939. The number of rotatable bonds is 3. The van der Waals surface area contributed by atoms with Gasteiger partial charge < -0.3 is 14.6 Å². The van der Waals surface area contributed by atoms with Crippen LogP contribution in [0, 0.1) is 5.92 Å². The molecule has 1 aromatic heterocycles. The lowest BCUT2D eigenvalue weighted by Crippen LogP contribution is -2.57. The second-order valence-electron chi connectivity index (χ2n) is 6.32. The van der Waals surface area contributed by atoms with Gasteiger partial charge in [0, 0.05) is 23.4 Å². The van der Waals surface area contributed by atoms with E-state index in [1.54, 1.807) is 12.5 Å². The summed E-state index contributed by atoms with van der Waals surface area (Å²) in [6, 6.07) is 6.40. The van der Waals surface area contributed by atoms with E-state index < -0.39 is 0 Å². The monoisotopic (exact) mass is 284 g/mol. The summed E-state index contributed by atoms with van der Waals surface area (Å²) in [5, 5.41) is 5.38. The molecule has 1 amide bonds. The molecule has 1 N–H and O–H groups in total. The number of amides is 1. The predicted octanol–water partition coefficient (Wildman–Crippen LogP) is 2.19. The van der Waals surface area contributed by atoms with Crippen molar-refractivity contribution >= 4 is 16.7 Å². The molecule has 1 atom stereocenters. The van der Waals surface area contributed by atoms with Gasteiger partial charge in [-0.3, -0.25) is 4.79 Å². The van der Waals surface area contributed by atoms with Crippen molar-refractivity contribution in [1.29, 1.82) is 0 Å². The topological polar surface area (TPSA) is 45.5 Å². The number of carbonyl (C=O) groups excluding carboxylic acids is 1. The third-order valence-corrected chi connectivity index (χ3v) is 4.91. The molecule has 4 heterocycles. The van der Waals surface area contributed by atoms with Crippen molar-refractivity contribution in [3.8, 4) is 0 Å². The zero-order valence-corrected chi connectivity index (χ0v) is 12.0. The highest BCUT2D eigenvalue weighted by Crippen LogP contribution is 2.27. The van der Waals surface area contributed by atoms with Crippen LogP contribution in [-0.4, -0.2) is 36.5 Å². The molecular formula is C17H20N2O2. The summed E-state index contributed by atoms with van der Waals surface area (Å²) < 4.78 is 5.17. The first-order valence-electron chi connectivity index (χ1n) is 7.74. The first kappa shape index (κ1) is 12.9. The highest BCUT2D eigenvalue weighted by atomic mass is 16.3. The van der Waals surface area contributed by atoms with E-state index in [-0.39, 0.29) is 5.91 Å². The normalized spacial score (nSPS) is 27.9. The average molecular weight is 284 g/mol. The summed E-state index contributed by atoms with van der Waals surface area (Å²) in [6.07, 6.45) is 6.36. The second kappa shape index (κ2) is 5.19. The molecule has 4 heteroatoms. The largest absolute Gasteiger partial charge is 0.471 e. The molecule has 4 nitrogen and oxygen atoms in total. The van der Waals surface area contributed by atoms with Crippen LogP contribution >= 0.6 is 0 Å². The fourth-order valence-electron chi connectivity index (χ4n) is 3.70. The van der Waals surface area contributed by atoms with Crippen molar-refractivity contribution in [1.82, 2.24) is 10.2 Å². The number of benzene rings is 1. The molecule has 3 fully saturated rings. The Morgan fingerprint density at radius 3 is 2.81 bits per heavy atom. The Kier molecular flexibility index (Phi) is 3.19. The first-order valence-corrected chi connectivity index (χ1v) is 7.74. The molecule has 2 aromatic rings. The van der Waals surface area contributed by atoms with Crippen molar-refractivity contribution in [2.75, 3.05) is 19.6 Å². The van der Waals surface area contributed by atoms with Gasteiger partial charge in [0.25, 0.3) is 0 Å². The van der Waals surface area contributed by atoms with Crippen molar-refractivity contribution in [3.05, 3.63) is 36.3 Å². The van der Waals surface area contributed by atoms with Gasteiger partial charge in [-0.2, -0.15) is 0 Å². The molecule has 3 aliphatic heterocycles. The molecule has 0 saturated carbocycles. The van der Waals surface area contributed by atoms with Crippen LogP contribution in [0.4, 0.5) is 0 Å². The highest BCUT2D eigenvalue weighted by molar-refractivity contribution is 5.84. The summed E-state index contributed by atoms with van der Waals surface area (Å²) in [6.45, 7) is 3.43. The third kappa shape index (κ3) is 2.56. The SMILES string of the molecule is O=C(Cc1ccc2cocc2c1)N[C@H]1CN2CCC1CC2. The maximum atomic E-state index is 12.3. The van der Waals surface area contributed by atoms with Crippen molar-refractivity contribution < 1.29 is 9.21 Å².